The lowest BCUT2D eigenvalue weighted by Crippen LogP contribution is -1.95. The molecule has 6 heterocycles. The maximum atomic E-state index is 5.36. The zero-order valence-electron chi connectivity index (χ0n) is 27.2. The van der Waals surface area contributed by atoms with Crippen LogP contribution >= 0.6 is 46.2 Å². The number of aryl methyl sites for hydroxylation is 2. The molecule has 8 aromatic rings. The van der Waals surface area contributed by atoms with Gasteiger partial charge in [0.2, 0.25) is 0 Å². The monoisotopic (exact) mass is 740 g/mol. The van der Waals surface area contributed by atoms with Gasteiger partial charge in [-0.15, -0.1) is 43.1 Å². The minimum Gasteiger partial charge on any atom is -0.334 e. The van der Waals surface area contributed by atoms with Crippen LogP contribution in [0.4, 0.5) is 0 Å². The van der Waals surface area contributed by atoms with Crippen LogP contribution in [0.3, 0.4) is 0 Å². The average molecular weight is 741 g/mol. The van der Waals surface area contributed by atoms with Crippen LogP contribution in [0.15, 0.2) is 89.7 Å². The van der Waals surface area contributed by atoms with Crippen LogP contribution in [0.25, 0.3) is 45.9 Å². The average Bonchev–Trinajstić information content (AvgIpc) is 3.96. The fourth-order valence-electron chi connectivity index (χ4n) is 4.65. The van der Waals surface area contributed by atoms with E-state index >= 15 is 0 Å². The van der Waals surface area contributed by atoms with E-state index in [2.05, 4.69) is 50.6 Å². The molecule has 0 unspecified atom stereocenters. The van der Waals surface area contributed by atoms with Gasteiger partial charge in [0.05, 0.1) is 22.5 Å². The second-order valence-corrected chi connectivity index (χ2v) is 14.1. The molecule has 50 heavy (non-hydrogen) atoms. The van der Waals surface area contributed by atoms with Crippen molar-refractivity contribution in [2.75, 3.05) is 0 Å². The molecule has 2 aromatic carbocycles. The largest absolute Gasteiger partial charge is 0.334 e. The minimum absolute atomic E-state index is 0.528. The highest BCUT2D eigenvalue weighted by Crippen LogP contribution is 2.27. The summed E-state index contributed by atoms with van der Waals surface area (Å²) in [6.45, 7) is 4.06. The number of rotatable bonds is 10. The summed E-state index contributed by atoms with van der Waals surface area (Å²) in [6, 6.07) is 16.0. The summed E-state index contributed by atoms with van der Waals surface area (Å²) >= 11 is 6.09. The highest BCUT2D eigenvalue weighted by molar-refractivity contribution is 7.98. The van der Waals surface area contributed by atoms with Crippen molar-refractivity contribution in [1.82, 2.24) is 59.8 Å². The van der Waals surface area contributed by atoms with Crippen LogP contribution in [-0.4, -0.2) is 59.8 Å². The number of nitrogens with zero attached hydrogens (tertiary/aromatic N) is 12. The van der Waals surface area contributed by atoms with Crippen molar-refractivity contribution >= 4 is 46.2 Å². The SMILES string of the molecule is Cc1cccc(-c2nc(CSc3nnc(-c4cscn4)n3C)no2)c1.Cc1cccc(-c2nc(CSc3nnc(-c4cscn4)n3C)no2)c1. The summed E-state index contributed by atoms with van der Waals surface area (Å²) in [5.41, 5.74) is 9.37. The predicted octanol–water partition coefficient (Wildman–Crippen LogP) is 7.18. The fourth-order valence-corrected chi connectivity index (χ4v) is 7.22. The molecule has 0 aliphatic rings. The van der Waals surface area contributed by atoms with Crippen LogP contribution < -0.4 is 0 Å². The van der Waals surface area contributed by atoms with E-state index in [4.69, 9.17) is 9.05 Å². The Hall–Kier alpha value is -5.04. The van der Waals surface area contributed by atoms with Gasteiger partial charge in [-0.3, -0.25) is 0 Å². The zero-order valence-corrected chi connectivity index (χ0v) is 30.4. The molecule has 14 nitrogen and oxygen atoms in total. The highest BCUT2D eigenvalue weighted by atomic mass is 32.2. The molecule has 0 spiro atoms. The first-order valence-corrected chi connectivity index (χ1v) is 18.9. The number of thiazole rings is 2. The van der Waals surface area contributed by atoms with E-state index in [1.165, 1.54) is 46.2 Å². The number of hydrogen-bond donors (Lipinski definition) is 0. The molecular weight excluding hydrogens is 713 g/mol. The van der Waals surface area contributed by atoms with Crippen molar-refractivity contribution in [3.05, 3.63) is 93.1 Å². The third kappa shape index (κ3) is 7.72. The van der Waals surface area contributed by atoms with Crippen LogP contribution in [-0.2, 0) is 25.6 Å². The molecule has 252 valence electrons. The summed E-state index contributed by atoms with van der Waals surface area (Å²) < 4.78 is 14.6. The molecule has 8 rings (SSSR count). The van der Waals surface area contributed by atoms with E-state index in [-0.39, 0.29) is 0 Å². The maximum Gasteiger partial charge on any atom is 0.257 e. The van der Waals surface area contributed by atoms with Gasteiger partial charge in [0.15, 0.2) is 33.6 Å². The van der Waals surface area contributed by atoms with E-state index in [9.17, 15) is 0 Å². The normalized spacial score (nSPS) is 11.1. The lowest BCUT2D eigenvalue weighted by atomic mass is 10.1. The molecule has 0 saturated heterocycles. The third-order valence-corrected chi connectivity index (χ3v) is 10.3. The van der Waals surface area contributed by atoms with E-state index in [1.807, 2.05) is 96.4 Å². The van der Waals surface area contributed by atoms with E-state index in [1.54, 1.807) is 11.0 Å². The van der Waals surface area contributed by atoms with Gasteiger partial charge in [-0.25, -0.2) is 9.97 Å². The van der Waals surface area contributed by atoms with Gasteiger partial charge >= 0.3 is 0 Å². The molecule has 0 bridgehead atoms. The Morgan fingerprint density at radius 3 is 1.50 bits per heavy atom. The Bertz CT molecular complexity index is 2150. The van der Waals surface area contributed by atoms with Crippen molar-refractivity contribution in [3.63, 3.8) is 0 Å². The lowest BCUT2D eigenvalue weighted by molar-refractivity contribution is 0.425. The number of aromatic nitrogens is 12. The van der Waals surface area contributed by atoms with Gasteiger partial charge in [-0.1, -0.05) is 69.2 Å². The topological polar surface area (TPSA) is 165 Å². The van der Waals surface area contributed by atoms with Gasteiger partial charge in [-0.2, -0.15) is 9.97 Å². The second-order valence-electron chi connectivity index (χ2n) is 10.8. The van der Waals surface area contributed by atoms with Crippen LogP contribution in [0.1, 0.15) is 22.8 Å². The summed E-state index contributed by atoms with van der Waals surface area (Å²) in [5.74, 6) is 4.91. The molecule has 6 aromatic heterocycles. The van der Waals surface area contributed by atoms with Gasteiger partial charge in [0.1, 0.15) is 11.4 Å². The number of hydrogen-bond acceptors (Lipinski definition) is 16. The Labute approximate surface area is 302 Å². The summed E-state index contributed by atoms with van der Waals surface area (Å²) in [4.78, 5) is 17.5. The Kier molecular flexibility index (Phi) is 10.2. The van der Waals surface area contributed by atoms with Crippen LogP contribution in [0.5, 0.6) is 0 Å². The minimum atomic E-state index is 0.528. The molecule has 0 radical (unpaired) electrons. The van der Waals surface area contributed by atoms with Gasteiger partial charge in [0.25, 0.3) is 11.8 Å². The molecule has 0 aliphatic carbocycles. The number of thioether (sulfide) groups is 2. The molecule has 18 heteroatoms. The third-order valence-electron chi connectivity index (χ3n) is 7.12. The lowest BCUT2D eigenvalue weighted by Gasteiger charge is -2.00. The quantitative estimate of drug-likeness (QED) is 0.129. The van der Waals surface area contributed by atoms with Gasteiger partial charge < -0.3 is 18.2 Å². The first kappa shape index (κ1) is 33.5. The van der Waals surface area contributed by atoms with Gasteiger partial charge in [-0.05, 0) is 38.1 Å². The highest BCUT2D eigenvalue weighted by Gasteiger charge is 2.17. The second kappa shape index (κ2) is 15.2. The molecule has 0 aliphatic heterocycles. The molecule has 0 fully saturated rings. The summed E-state index contributed by atoms with van der Waals surface area (Å²) in [7, 11) is 3.84. The van der Waals surface area contributed by atoms with Crippen molar-refractivity contribution in [2.24, 2.45) is 14.1 Å². The summed E-state index contributed by atoms with van der Waals surface area (Å²) in [6.07, 6.45) is 0. The van der Waals surface area contributed by atoms with Crippen molar-refractivity contribution < 1.29 is 9.05 Å². The molecule has 0 amide bonds. The standard InChI is InChI=1S/2C16H14N6OS2/c2*1-10-4-3-5-11(6-10)15-18-13(21-23-15)8-25-16-20-19-14(22(16)2)12-7-24-9-17-12/h2*3-7,9H,8H2,1-2H3. The molecular formula is C32H28N12O2S4. The van der Waals surface area contributed by atoms with E-state index in [0.717, 1.165) is 55.6 Å². The van der Waals surface area contributed by atoms with E-state index < -0.39 is 0 Å². The maximum absolute atomic E-state index is 5.36. The Morgan fingerprint density at radius 1 is 0.640 bits per heavy atom. The summed E-state index contributed by atoms with van der Waals surface area (Å²) in [5, 5.41) is 30.4. The number of benzene rings is 2. The first-order valence-electron chi connectivity index (χ1n) is 15.0. The predicted molar refractivity (Wildman–Crippen MR) is 192 cm³/mol. The fraction of sp³-hybridized carbons (Fsp3) is 0.188. The van der Waals surface area contributed by atoms with E-state index in [0.29, 0.717) is 34.9 Å². The first-order chi connectivity index (χ1) is 24.4. The van der Waals surface area contributed by atoms with Crippen LogP contribution in [0.2, 0.25) is 0 Å². The Morgan fingerprint density at radius 2 is 1.10 bits per heavy atom. The van der Waals surface area contributed by atoms with Crippen molar-refractivity contribution in [3.8, 4) is 45.9 Å². The van der Waals surface area contributed by atoms with Gasteiger partial charge in [0, 0.05) is 36.0 Å². The van der Waals surface area contributed by atoms with Crippen molar-refractivity contribution in [1.29, 1.82) is 0 Å². The molecule has 0 atom stereocenters. The van der Waals surface area contributed by atoms with Crippen LogP contribution in [0, 0.1) is 13.8 Å². The molecule has 0 N–H and O–H groups in total. The van der Waals surface area contributed by atoms with Crippen molar-refractivity contribution in [2.45, 2.75) is 35.7 Å². The Balaban J connectivity index is 0.000000157. The smallest absolute Gasteiger partial charge is 0.257 e. The zero-order chi connectivity index (χ0) is 34.5. The molecule has 0 saturated carbocycles.